The highest BCUT2D eigenvalue weighted by atomic mass is 32.1. The smallest absolute Gasteiger partial charge is 0.325 e. The van der Waals surface area contributed by atoms with Crippen LogP contribution in [0.3, 0.4) is 0 Å². The van der Waals surface area contributed by atoms with Gasteiger partial charge in [0.25, 0.3) is 5.91 Å². The molecule has 0 radical (unpaired) electrons. The third-order valence-electron chi connectivity index (χ3n) is 3.86. The molecule has 2 heterocycles. The molecular formula is C17H19N5O3S. The minimum Gasteiger partial charge on any atom is -0.325 e. The van der Waals surface area contributed by atoms with Crippen LogP contribution in [0, 0.1) is 0 Å². The average Bonchev–Trinajstić information content (AvgIpc) is 3.16. The van der Waals surface area contributed by atoms with Crippen LogP contribution in [0.4, 0.5) is 9.93 Å². The molecule has 0 saturated carbocycles. The Morgan fingerprint density at radius 3 is 2.65 bits per heavy atom. The molecule has 0 aliphatic carbocycles. The Balaban J connectivity index is 1.58. The van der Waals surface area contributed by atoms with Crippen LogP contribution in [0.5, 0.6) is 0 Å². The van der Waals surface area contributed by atoms with Crippen LogP contribution in [0.25, 0.3) is 0 Å². The molecule has 1 aromatic heterocycles. The molecule has 0 unspecified atom stereocenters. The van der Waals surface area contributed by atoms with Crippen molar-refractivity contribution < 1.29 is 14.4 Å². The molecule has 1 fully saturated rings. The lowest BCUT2D eigenvalue weighted by atomic mass is 10.2. The average molecular weight is 373 g/mol. The number of urea groups is 1. The Labute approximate surface area is 154 Å². The molecule has 1 atom stereocenters. The highest BCUT2D eigenvalue weighted by Gasteiger charge is 2.39. The summed E-state index contributed by atoms with van der Waals surface area (Å²) in [5.74, 6) is -0.578. The molecule has 2 N–H and O–H groups in total. The molecule has 1 saturated heterocycles. The first-order chi connectivity index (χ1) is 12.4. The maximum atomic E-state index is 12.4. The lowest BCUT2D eigenvalue weighted by Crippen LogP contribution is -2.34. The number of imide groups is 1. The summed E-state index contributed by atoms with van der Waals surface area (Å²) in [6, 6.07) is 7.85. The van der Waals surface area contributed by atoms with Gasteiger partial charge in [-0.15, -0.1) is 10.2 Å². The van der Waals surface area contributed by atoms with Crippen LogP contribution in [0.15, 0.2) is 30.3 Å². The molecule has 8 nitrogen and oxygen atoms in total. The third kappa shape index (κ3) is 4.05. The lowest BCUT2D eigenvalue weighted by Gasteiger charge is -2.12. The summed E-state index contributed by atoms with van der Waals surface area (Å²) in [6.45, 7) is 4.15. The van der Waals surface area contributed by atoms with E-state index in [0.717, 1.165) is 15.5 Å². The topological polar surface area (TPSA) is 104 Å². The zero-order chi connectivity index (χ0) is 18.7. The summed E-state index contributed by atoms with van der Waals surface area (Å²) in [6.07, 6.45) is -0.146. The number of carbonyl (C=O) groups is 3. The summed E-state index contributed by atoms with van der Waals surface area (Å²) < 4.78 is 0. The Morgan fingerprint density at radius 1 is 1.27 bits per heavy atom. The van der Waals surface area contributed by atoms with Gasteiger partial charge in [0.1, 0.15) is 11.0 Å². The van der Waals surface area contributed by atoms with Gasteiger partial charge < -0.3 is 10.6 Å². The molecule has 136 valence electrons. The second kappa shape index (κ2) is 7.61. The van der Waals surface area contributed by atoms with E-state index in [1.54, 1.807) is 0 Å². The Hall–Kier alpha value is -2.81. The summed E-state index contributed by atoms with van der Waals surface area (Å²) >= 11 is 1.29. The van der Waals surface area contributed by atoms with Crippen molar-refractivity contribution in [3.05, 3.63) is 40.9 Å². The van der Waals surface area contributed by atoms with Crippen LogP contribution in [-0.2, 0) is 16.1 Å². The predicted octanol–water partition coefficient (Wildman–Crippen LogP) is 2.11. The van der Waals surface area contributed by atoms with Crippen LogP contribution in [-0.4, -0.2) is 39.0 Å². The fourth-order valence-corrected chi connectivity index (χ4v) is 3.27. The van der Waals surface area contributed by atoms with Gasteiger partial charge in [-0.05, 0) is 5.56 Å². The van der Waals surface area contributed by atoms with Crippen molar-refractivity contribution in [2.45, 2.75) is 38.8 Å². The maximum Gasteiger partial charge on any atom is 0.325 e. The molecule has 0 bridgehead atoms. The van der Waals surface area contributed by atoms with E-state index in [1.165, 1.54) is 11.3 Å². The van der Waals surface area contributed by atoms with E-state index in [0.29, 0.717) is 5.13 Å². The molecule has 1 aromatic carbocycles. The molecule has 3 rings (SSSR count). The zero-order valence-electron chi connectivity index (χ0n) is 14.4. The summed E-state index contributed by atoms with van der Waals surface area (Å²) in [5.41, 5.74) is 0.844. The largest absolute Gasteiger partial charge is 0.325 e. The van der Waals surface area contributed by atoms with Crippen molar-refractivity contribution in [2.75, 3.05) is 5.32 Å². The van der Waals surface area contributed by atoms with Gasteiger partial charge in [-0.1, -0.05) is 55.5 Å². The Bertz CT molecular complexity index is 821. The first kappa shape index (κ1) is 18.0. The van der Waals surface area contributed by atoms with E-state index >= 15 is 0 Å². The molecule has 4 amide bonds. The number of hydrogen-bond donors (Lipinski definition) is 2. The molecular weight excluding hydrogens is 354 g/mol. The predicted molar refractivity (Wildman–Crippen MR) is 96.6 cm³/mol. The van der Waals surface area contributed by atoms with E-state index in [4.69, 9.17) is 0 Å². The number of nitrogens with zero attached hydrogens (tertiary/aromatic N) is 3. The van der Waals surface area contributed by atoms with E-state index in [2.05, 4.69) is 20.8 Å². The van der Waals surface area contributed by atoms with Crippen molar-refractivity contribution in [1.82, 2.24) is 20.4 Å². The van der Waals surface area contributed by atoms with Gasteiger partial charge in [0.2, 0.25) is 11.0 Å². The molecule has 1 aliphatic heterocycles. The normalized spacial score (nSPS) is 16.9. The van der Waals surface area contributed by atoms with Crippen molar-refractivity contribution in [1.29, 1.82) is 0 Å². The fourth-order valence-electron chi connectivity index (χ4n) is 2.51. The first-order valence-corrected chi connectivity index (χ1v) is 9.04. The number of aromatic nitrogens is 2. The second-order valence-electron chi connectivity index (χ2n) is 6.26. The minimum atomic E-state index is -0.872. The minimum absolute atomic E-state index is 0.146. The lowest BCUT2D eigenvalue weighted by molar-refractivity contribution is -0.130. The maximum absolute atomic E-state index is 12.4. The van der Waals surface area contributed by atoms with Gasteiger partial charge in [-0.3, -0.25) is 14.5 Å². The summed E-state index contributed by atoms with van der Waals surface area (Å²) in [5, 5.41) is 14.3. The van der Waals surface area contributed by atoms with Gasteiger partial charge in [-0.25, -0.2) is 4.79 Å². The van der Waals surface area contributed by atoms with Crippen molar-refractivity contribution >= 4 is 34.3 Å². The molecule has 0 spiro atoms. The summed E-state index contributed by atoms with van der Waals surface area (Å²) in [4.78, 5) is 37.8. The highest BCUT2D eigenvalue weighted by molar-refractivity contribution is 7.15. The van der Waals surface area contributed by atoms with E-state index < -0.39 is 23.9 Å². The highest BCUT2D eigenvalue weighted by Crippen LogP contribution is 2.23. The number of hydrogen-bond acceptors (Lipinski definition) is 6. The Morgan fingerprint density at radius 2 is 2.00 bits per heavy atom. The number of anilines is 1. The monoisotopic (exact) mass is 373 g/mol. The Kier molecular flexibility index (Phi) is 5.27. The van der Waals surface area contributed by atoms with Gasteiger partial charge in [-0.2, -0.15) is 0 Å². The molecule has 1 aliphatic rings. The van der Waals surface area contributed by atoms with E-state index in [-0.39, 0.29) is 18.9 Å². The number of amides is 4. The number of rotatable bonds is 6. The van der Waals surface area contributed by atoms with Gasteiger partial charge in [0, 0.05) is 5.92 Å². The first-order valence-electron chi connectivity index (χ1n) is 8.23. The molecule has 9 heteroatoms. The van der Waals surface area contributed by atoms with Crippen molar-refractivity contribution in [3.8, 4) is 0 Å². The summed E-state index contributed by atoms with van der Waals surface area (Å²) in [7, 11) is 0. The SMILES string of the molecule is CC(C)c1nnc(NC(=O)C[C@@H]2NC(=O)N(Cc3ccccc3)C2=O)s1. The van der Waals surface area contributed by atoms with E-state index in [9.17, 15) is 14.4 Å². The van der Waals surface area contributed by atoms with Crippen molar-refractivity contribution in [3.63, 3.8) is 0 Å². The number of nitrogens with one attached hydrogen (secondary N) is 2. The standard InChI is InChI=1S/C17H19N5O3S/c1-10(2)14-20-21-16(26-14)19-13(23)8-12-15(24)22(17(25)18-12)9-11-6-4-3-5-7-11/h3-7,10,12H,8-9H2,1-2H3,(H,18,25)(H,19,21,23)/t12-/m0/s1. The number of carbonyl (C=O) groups excluding carboxylic acids is 3. The van der Waals surface area contributed by atoms with Crippen molar-refractivity contribution in [2.24, 2.45) is 0 Å². The van der Waals surface area contributed by atoms with Crippen LogP contribution in [0.1, 0.15) is 36.8 Å². The zero-order valence-corrected chi connectivity index (χ0v) is 15.2. The third-order valence-corrected chi connectivity index (χ3v) is 5.00. The van der Waals surface area contributed by atoms with Crippen LogP contribution in [0.2, 0.25) is 0 Å². The number of benzene rings is 1. The molecule has 2 aromatic rings. The fraction of sp³-hybridized carbons (Fsp3) is 0.353. The second-order valence-corrected chi connectivity index (χ2v) is 7.27. The quantitative estimate of drug-likeness (QED) is 0.755. The van der Waals surface area contributed by atoms with Gasteiger partial charge in [0.05, 0.1) is 13.0 Å². The molecule has 26 heavy (non-hydrogen) atoms. The van der Waals surface area contributed by atoms with E-state index in [1.807, 2.05) is 44.2 Å². The van der Waals surface area contributed by atoms with Gasteiger partial charge in [0.15, 0.2) is 0 Å². The van der Waals surface area contributed by atoms with Crippen LogP contribution >= 0.6 is 11.3 Å². The van der Waals surface area contributed by atoms with Gasteiger partial charge >= 0.3 is 6.03 Å². The van der Waals surface area contributed by atoms with Crippen LogP contribution < -0.4 is 10.6 Å².